The van der Waals surface area contributed by atoms with Crippen LogP contribution in [0.25, 0.3) is 0 Å². The van der Waals surface area contributed by atoms with E-state index in [1.54, 1.807) is 26.0 Å². The standard InChI is InChI=1S/C20H18F3NO3S/c1-19(2)17(25)16(24-10-11-5-3-4-6-13(11)18(24)26)14-9-12(28-20(21,22)23)7-8-15(14)27-19/h3-9,16-17,25H,10H2,1-2H3/t16-,17+/m1/s1. The topological polar surface area (TPSA) is 49.8 Å². The lowest BCUT2D eigenvalue weighted by molar-refractivity contribution is -0.0869. The lowest BCUT2D eigenvalue weighted by atomic mass is 9.85. The predicted molar refractivity (Wildman–Crippen MR) is 98.1 cm³/mol. The second-order valence-electron chi connectivity index (χ2n) is 7.43. The number of hydrogen-bond acceptors (Lipinski definition) is 4. The summed E-state index contributed by atoms with van der Waals surface area (Å²) in [5.41, 5.74) is -3.70. The van der Waals surface area contributed by atoms with Crippen LogP contribution in [0.4, 0.5) is 13.2 Å². The predicted octanol–water partition coefficient (Wildman–Crippen LogP) is 4.53. The van der Waals surface area contributed by atoms with E-state index in [4.69, 9.17) is 4.74 Å². The van der Waals surface area contributed by atoms with Crippen LogP contribution in [0, 0.1) is 0 Å². The fraction of sp³-hybridized carbons (Fsp3) is 0.350. The van der Waals surface area contributed by atoms with Crippen molar-refractivity contribution in [3.05, 3.63) is 59.2 Å². The number of ether oxygens (including phenoxy) is 1. The molecule has 148 valence electrons. The monoisotopic (exact) mass is 409 g/mol. The molecule has 0 spiro atoms. The highest BCUT2D eigenvalue weighted by Gasteiger charge is 2.48. The molecule has 1 amide bonds. The minimum Gasteiger partial charge on any atom is -0.485 e. The van der Waals surface area contributed by atoms with Crippen molar-refractivity contribution in [2.75, 3.05) is 0 Å². The summed E-state index contributed by atoms with van der Waals surface area (Å²) in [5.74, 6) is 0.118. The summed E-state index contributed by atoms with van der Waals surface area (Å²) < 4.78 is 44.3. The summed E-state index contributed by atoms with van der Waals surface area (Å²) in [4.78, 5) is 14.5. The van der Waals surface area contributed by atoms with Crippen LogP contribution in [-0.2, 0) is 6.54 Å². The third kappa shape index (κ3) is 3.24. The zero-order valence-corrected chi connectivity index (χ0v) is 16.0. The number of thioether (sulfide) groups is 1. The maximum absolute atomic E-state index is 13.0. The van der Waals surface area contributed by atoms with Crippen LogP contribution < -0.4 is 4.74 Å². The molecule has 1 N–H and O–H groups in total. The Morgan fingerprint density at radius 2 is 1.93 bits per heavy atom. The van der Waals surface area contributed by atoms with Crippen molar-refractivity contribution in [1.29, 1.82) is 0 Å². The summed E-state index contributed by atoms with van der Waals surface area (Å²) in [6.07, 6.45) is -1.11. The zero-order valence-electron chi connectivity index (χ0n) is 15.2. The summed E-state index contributed by atoms with van der Waals surface area (Å²) in [5, 5.41) is 11.0. The first-order valence-electron chi connectivity index (χ1n) is 8.72. The first kappa shape index (κ1) is 19.1. The SMILES string of the molecule is CC1(C)Oc2ccc(SC(F)(F)F)cc2[C@@H](N2Cc3ccccc3C2=O)[C@@H]1O. The number of amides is 1. The molecule has 2 aromatic carbocycles. The van der Waals surface area contributed by atoms with Gasteiger partial charge in [-0.25, -0.2) is 0 Å². The second kappa shape index (κ2) is 6.42. The number of hydrogen-bond donors (Lipinski definition) is 1. The van der Waals surface area contributed by atoms with E-state index in [1.807, 2.05) is 12.1 Å². The van der Waals surface area contributed by atoms with Gasteiger partial charge in [0.1, 0.15) is 17.5 Å². The van der Waals surface area contributed by atoms with Gasteiger partial charge in [-0.1, -0.05) is 18.2 Å². The Labute approximate surface area is 164 Å². The average Bonchev–Trinajstić information content (AvgIpc) is 2.92. The lowest BCUT2D eigenvalue weighted by Crippen LogP contribution is -2.53. The highest BCUT2D eigenvalue weighted by atomic mass is 32.2. The lowest BCUT2D eigenvalue weighted by Gasteiger charge is -2.45. The Balaban J connectivity index is 1.79. The third-order valence-corrected chi connectivity index (χ3v) is 5.82. The highest BCUT2D eigenvalue weighted by Crippen LogP contribution is 2.47. The summed E-state index contributed by atoms with van der Waals surface area (Å²) in [6, 6.07) is 10.5. The van der Waals surface area contributed by atoms with Gasteiger partial charge >= 0.3 is 5.51 Å². The minimum atomic E-state index is -4.43. The number of rotatable bonds is 2. The van der Waals surface area contributed by atoms with Crippen LogP contribution in [0.3, 0.4) is 0 Å². The molecule has 0 saturated heterocycles. The molecule has 0 aromatic heterocycles. The molecule has 4 nitrogen and oxygen atoms in total. The van der Waals surface area contributed by atoms with Crippen molar-refractivity contribution in [3.63, 3.8) is 0 Å². The van der Waals surface area contributed by atoms with Gasteiger partial charge in [0.05, 0.1) is 6.04 Å². The number of fused-ring (bicyclic) bond motifs is 2. The second-order valence-corrected chi connectivity index (χ2v) is 8.57. The average molecular weight is 409 g/mol. The molecule has 2 aromatic rings. The summed E-state index contributed by atoms with van der Waals surface area (Å²) in [7, 11) is 0. The van der Waals surface area contributed by atoms with Gasteiger partial charge in [-0.3, -0.25) is 4.79 Å². The number of halogens is 3. The number of aliphatic hydroxyl groups excluding tert-OH is 1. The Hall–Kier alpha value is -2.19. The van der Waals surface area contributed by atoms with Crippen LogP contribution in [0.1, 0.15) is 41.4 Å². The number of carbonyl (C=O) groups excluding carboxylic acids is 1. The molecule has 2 heterocycles. The number of nitrogens with zero attached hydrogens (tertiary/aromatic N) is 1. The van der Waals surface area contributed by atoms with Crippen molar-refractivity contribution in [2.24, 2.45) is 0 Å². The van der Waals surface area contributed by atoms with Crippen molar-refractivity contribution >= 4 is 17.7 Å². The molecule has 0 fully saturated rings. The molecule has 8 heteroatoms. The van der Waals surface area contributed by atoms with Gasteiger partial charge in [0.25, 0.3) is 5.91 Å². The quantitative estimate of drug-likeness (QED) is 0.741. The van der Waals surface area contributed by atoms with Gasteiger partial charge in [-0.05, 0) is 55.4 Å². The van der Waals surface area contributed by atoms with Gasteiger partial charge in [-0.2, -0.15) is 13.2 Å². The number of aliphatic hydroxyl groups is 1. The van der Waals surface area contributed by atoms with Gasteiger partial charge in [0.2, 0.25) is 0 Å². The van der Waals surface area contributed by atoms with E-state index in [2.05, 4.69) is 0 Å². The molecular weight excluding hydrogens is 391 g/mol. The van der Waals surface area contributed by atoms with Crippen LogP contribution >= 0.6 is 11.8 Å². The minimum absolute atomic E-state index is 0.0177. The molecule has 0 bridgehead atoms. The van der Waals surface area contributed by atoms with Crippen molar-refractivity contribution in [1.82, 2.24) is 4.90 Å². The Kier molecular flexibility index (Phi) is 4.39. The fourth-order valence-electron chi connectivity index (χ4n) is 3.78. The van der Waals surface area contributed by atoms with Crippen molar-refractivity contribution in [2.45, 2.75) is 48.5 Å². The molecular formula is C20H18F3NO3S. The van der Waals surface area contributed by atoms with E-state index in [1.165, 1.54) is 23.1 Å². The van der Waals surface area contributed by atoms with E-state index in [0.29, 0.717) is 16.9 Å². The normalized spacial score (nSPS) is 23.2. The Morgan fingerprint density at radius 1 is 1.21 bits per heavy atom. The van der Waals surface area contributed by atoms with Crippen molar-refractivity contribution < 1.29 is 27.8 Å². The fourth-order valence-corrected chi connectivity index (χ4v) is 4.37. The number of benzene rings is 2. The molecule has 2 aliphatic heterocycles. The summed E-state index contributed by atoms with van der Waals surface area (Å²) >= 11 is -0.233. The largest absolute Gasteiger partial charge is 0.485 e. The van der Waals surface area contributed by atoms with E-state index in [9.17, 15) is 23.1 Å². The number of carbonyl (C=O) groups is 1. The van der Waals surface area contributed by atoms with Crippen LogP contribution in [0.5, 0.6) is 5.75 Å². The zero-order chi connectivity index (χ0) is 20.3. The van der Waals surface area contributed by atoms with Crippen LogP contribution in [0.2, 0.25) is 0 Å². The van der Waals surface area contributed by atoms with E-state index in [0.717, 1.165) is 5.56 Å². The van der Waals surface area contributed by atoms with Gasteiger partial charge < -0.3 is 14.7 Å². The Morgan fingerprint density at radius 3 is 2.61 bits per heavy atom. The summed E-state index contributed by atoms with van der Waals surface area (Å²) in [6.45, 7) is 3.67. The molecule has 0 unspecified atom stereocenters. The number of alkyl halides is 3. The molecule has 0 radical (unpaired) electrons. The molecule has 28 heavy (non-hydrogen) atoms. The Bertz CT molecular complexity index is 945. The van der Waals surface area contributed by atoms with E-state index >= 15 is 0 Å². The molecule has 0 saturated carbocycles. The van der Waals surface area contributed by atoms with Gasteiger partial charge in [0.15, 0.2) is 0 Å². The first-order valence-corrected chi connectivity index (χ1v) is 9.54. The molecule has 0 aliphatic carbocycles. The van der Waals surface area contributed by atoms with E-state index in [-0.39, 0.29) is 29.1 Å². The first-order chi connectivity index (χ1) is 13.1. The van der Waals surface area contributed by atoms with Crippen molar-refractivity contribution in [3.8, 4) is 5.75 Å². The van der Waals surface area contributed by atoms with Gasteiger partial charge in [-0.15, -0.1) is 0 Å². The van der Waals surface area contributed by atoms with E-state index < -0.39 is 23.3 Å². The smallest absolute Gasteiger partial charge is 0.446 e. The molecule has 2 aliphatic rings. The molecule has 4 rings (SSSR count). The van der Waals surface area contributed by atoms with Gasteiger partial charge in [0, 0.05) is 22.6 Å². The van der Waals surface area contributed by atoms with Crippen LogP contribution in [-0.4, -0.2) is 33.1 Å². The molecule has 2 atom stereocenters. The maximum Gasteiger partial charge on any atom is 0.446 e. The maximum atomic E-state index is 13.0. The third-order valence-electron chi connectivity index (χ3n) is 5.10. The van der Waals surface area contributed by atoms with Crippen LogP contribution in [0.15, 0.2) is 47.4 Å². The highest BCUT2D eigenvalue weighted by molar-refractivity contribution is 8.00.